The first-order valence-electron chi connectivity index (χ1n) is 7.85. The van der Waals surface area contributed by atoms with E-state index in [0.29, 0.717) is 49.0 Å². The van der Waals surface area contributed by atoms with Gasteiger partial charge in [-0.25, -0.2) is 15.0 Å². The lowest BCUT2D eigenvalue weighted by Crippen LogP contribution is -2.15. The van der Waals surface area contributed by atoms with Crippen molar-refractivity contribution >= 4 is 63.3 Å². The molecule has 2 aromatic carbocycles. The Morgan fingerprint density at radius 1 is 0.926 bits per heavy atom. The van der Waals surface area contributed by atoms with E-state index >= 15 is 0 Å². The number of nitrogens with zero attached hydrogens (tertiary/aromatic N) is 4. The summed E-state index contributed by atoms with van der Waals surface area (Å²) in [7, 11) is 0. The standard InChI is InChI=1S/C18H11Cl4N5/c19-11-3-1-4-12(20)10(11)7-27-9-25-17(16-18(27)24-8-23-16)26-14-6-2-5-13(21)15(14)22/h1-6,8-9H,7H2,(H,23,24). The molecule has 0 fully saturated rings. The van der Waals surface area contributed by atoms with Crippen LogP contribution in [-0.4, -0.2) is 19.5 Å². The van der Waals surface area contributed by atoms with E-state index in [0.717, 1.165) is 5.56 Å². The van der Waals surface area contributed by atoms with Gasteiger partial charge in [0, 0.05) is 15.6 Å². The van der Waals surface area contributed by atoms with Crippen molar-refractivity contribution < 1.29 is 0 Å². The van der Waals surface area contributed by atoms with Gasteiger partial charge in [0.15, 0.2) is 11.1 Å². The van der Waals surface area contributed by atoms with Crippen molar-refractivity contribution in [2.45, 2.75) is 6.54 Å². The highest BCUT2D eigenvalue weighted by atomic mass is 35.5. The molecule has 0 aliphatic heterocycles. The predicted octanol–water partition coefficient (Wildman–Crippen LogP) is 5.65. The van der Waals surface area contributed by atoms with Crippen molar-refractivity contribution in [3.05, 3.63) is 80.2 Å². The zero-order valence-electron chi connectivity index (χ0n) is 13.6. The minimum Gasteiger partial charge on any atom is -0.340 e. The van der Waals surface area contributed by atoms with Crippen LogP contribution in [0.1, 0.15) is 5.56 Å². The fourth-order valence-electron chi connectivity index (χ4n) is 2.66. The number of benzene rings is 2. The molecule has 27 heavy (non-hydrogen) atoms. The van der Waals surface area contributed by atoms with Crippen LogP contribution in [0.4, 0.5) is 5.69 Å². The van der Waals surface area contributed by atoms with Crippen LogP contribution in [0.25, 0.3) is 11.2 Å². The van der Waals surface area contributed by atoms with Gasteiger partial charge >= 0.3 is 0 Å². The summed E-state index contributed by atoms with van der Waals surface area (Å²) in [6.45, 7) is 0.422. The van der Waals surface area contributed by atoms with E-state index in [1.807, 2.05) is 4.57 Å². The van der Waals surface area contributed by atoms with Crippen molar-refractivity contribution in [2.75, 3.05) is 0 Å². The molecule has 0 aliphatic carbocycles. The van der Waals surface area contributed by atoms with E-state index in [1.165, 1.54) is 0 Å². The van der Waals surface area contributed by atoms with E-state index in [-0.39, 0.29) is 0 Å². The molecule has 2 heterocycles. The van der Waals surface area contributed by atoms with Crippen molar-refractivity contribution in [3.63, 3.8) is 0 Å². The largest absolute Gasteiger partial charge is 0.340 e. The van der Waals surface area contributed by atoms with Gasteiger partial charge in [0.2, 0.25) is 0 Å². The Morgan fingerprint density at radius 3 is 2.41 bits per heavy atom. The number of halogens is 4. The number of aromatic nitrogens is 4. The predicted molar refractivity (Wildman–Crippen MR) is 109 cm³/mol. The number of imidazole rings is 1. The first-order valence-corrected chi connectivity index (χ1v) is 9.36. The maximum Gasteiger partial charge on any atom is 0.181 e. The summed E-state index contributed by atoms with van der Waals surface area (Å²) in [5.74, 6) is 0. The van der Waals surface area contributed by atoms with Gasteiger partial charge in [0.1, 0.15) is 5.52 Å². The molecule has 5 nitrogen and oxygen atoms in total. The molecule has 0 bridgehead atoms. The number of rotatable bonds is 3. The van der Waals surface area contributed by atoms with Crippen molar-refractivity contribution in [2.24, 2.45) is 4.99 Å². The van der Waals surface area contributed by atoms with Gasteiger partial charge in [-0.1, -0.05) is 58.5 Å². The van der Waals surface area contributed by atoms with Gasteiger partial charge in [0.05, 0.1) is 34.9 Å². The van der Waals surface area contributed by atoms with E-state index < -0.39 is 0 Å². The fraction of sp³-hybridized carbons (Fsp3) is 0.0556. The maximum absolute atomic E-state index is 6.28. The molecule has 0 saturated heterocycles. The Bertz CT molecular complexity index is 1190. The third-order valence-electron chi connectivity index (χ3n) is 3.98. The second-order valence-electron chi connectivity index (χ2n) is 5.68. The molecule has 2 aromatic heterocycles. The van der Waals surface area contributed by atoms with Crippen LogP contribution < -0.4 is 5.49 Å². The van der Waals surface area contributed by atoms with Crippen LogP contribution in [0.15, 0.2) is 54.0 Å². The second kappa shape index (κ2) is 7.52. The molecule has 4 rings (SSSR count). The van der Waals surface area contributed by atoms with Crippen LogP contribution in [0.3, 0.4) is 0 Å². The van der Waals surface area contributed by atoms with Gasteiger partial charge in [0.25, 0.3) is 0 Å². The molecule has 0 radical (unpaired) electrons. The summed E-state index contributed by atoms with van der Waals surface area (Å²) in [4.78, 5) is 16.4. The van der Waals surface area contributed by atoms with Gasteiger partial charge in [-0.3, -0.25) is 0 Å². The van der Waals surface area contributed by atoms with Crippen molar-refractivity contribution in [1.82, 2.24) is 19.5 Å². The molecule has 4 aromatic rings. The Kier molecular flexibility index (Phi) is 5.10. The smallest absolute Gasteiger partial charge is 0.181 e. The number of aromatic amines is 1. The van der Waals surface area contributed by atoms with Gasteiger partial charge < -0.3 is 9.55 Å². The third kappa shape index (κ3) is 3.56. The normalized spacial score (nSPS) is 12.1. The Hall–Kier alpha value is -2.05. The number of H-pyrrole nitrogens is 1. The van der Waals surface area contributed by atoms with E-state index in [9.17, 15) is 0 Å². The molecule has 0 amide bonds. The minimum absolute atomic E-state index is 0.369. The molecule has 0 spiro atoms. The van der Waals surface area contributed by atoms with E-state index in [1.54, 1.807) is 49.1 Å². The Morgan fingerprint density at radius 2 is 1.63 bits per heavy atom. The van der Waals surface area contributed by atoms with E-state index in [2.05, 4.69) is 19.9 Å². The van der Waals surface area contributed by atoms with Crippen LogP contribution in [0.5, 0.6) is 0 Å². The molecule has 9 heteroatoms. The average Bonchev–Trinajstić information content (AvgIpc) is 3.14. The summed E-state index contributed by atoms with van der Waals surface area (Å²) in [6.07, 6.45) is 3.22. The summed E-state index contributed by atoms with van der Waals surface area (Å²) in [5, 5.41) is 1.96. The van der Waals surface area contributed by atoms with Crippen LogP contribution >= 0.6 is 46.4 Å². The van der Waals surface area contributed by atoms with Gasteiger partial charge in [-0.15, -0.1) is 0 Å². The number of hydrogen-bond acceptors (Lipinski definition) is 3. The molecular weight excluding hydrogens is 428 g/mol. The summed E-state index contributed by atoms with van der Waals surface area (Å²) in [5.41, 5.74) is 3.10. The monoisotopic (exact) mass is 437 g/mol. The number of hydrogen-bond donors (Lipinski definition) is 1. The zero-order chi connectivity index (χ0) is 19.0. The topological polar surface area (TPSA) is 58.9 Å². The Balaban J connectivity index is 1.84. The maximum atomic E-state index is 6.28. The average molecular weight is 439 g/mol. The zero-order valence-corrected chi connectivity index (χ0v) is 16.7. The van der Waals surface area contributed by atoms with Crippen molar-refractivity contribution in [1.29, 1.82) is 0 Å². The molecule has 136 valence electrons. The van der Waals surface area contributed by atoms with Crippen LogP contribution in [0, 0.1) is 0 Å². The highest BCUT2D eigenvalue weighted by Gasteiger charge is 2.11. The van der Waals surface area contributed by atoms with Gasteiger partial charge in [-0.2, -0.15) is 0 Å². The summed E-state index contributed by atoms with van der Waals surface area (Å²) < 4.78 is 1.84. The molecule has 0 aliphatic rings. The molecule has 0 unspecified atom stereocenters. The summed E-state index contributed by atoms with van der Waals surface area (Å²) in [6, 6.07) is 10.6. The van der Waals surface area contributed by atoms with E-state index in [4.69, 9.17) is 46.4 Å². The number of fused-ring (bicyclic) bond motifs is 1. The van der Waals surface area contributed by atoms with Crippen molar-refractivity contribution in [3.8, 4) is 0 Å². The Labute approximate surface area is 174 Å². The molecule has 0 atom stereocenters. The van der Waals surface area contributed by atoms with Gasteiger partial charge in [-0.05, 0) is 24.3 Å². The lowest BCUT2D eigenvalue weighted by Gasteiger charge is -2.10. The second-order valence-corrected chi connectivity index (χ2v) is 7.28. The lowest BCUT2D eigenvalue weighted by atomic mass is 10.2. The quantitative estimate of drug-likeness (QED) is 0.449. The highest BCUT2D eigenvalue weighted by Crippen LogP contribution is 2.31. The SMILES string of the molecule is Clc1cccc(N=c2ncn(Cc3c(Cl)cccc3Cl)c3nc[nH]c23)c1Cl. The lowest BCUT2D eigenvalue weighted by molar-refractivity contribution is 0.786. The minimum atomic E-state index is 0.369. The van der Waals surface area contributed by atoms with Crippen LogP contribution in [0.2, 0.25) is 20.1 Å². The molecule has 0 saturated carbocycles. The first-order chi connectivity index (χ1) is 13.0. The summed E-state index contributed by atoms with van der Waals surface area (Å²) >= 11 is 24.9. The first kappa shape index (κ1) is 18.3. The third-order valence-corrected chi connectivity index (χ3v) is 5.50. The number of nitrogens with one attached hydrogen (secondary N) is 1. The highest BCUT2D eigenvalue weighted by molar-refractivity contribution is 6.43. The molecule has 1 N–H and O–H groups in total. The van der Waals surface area contributed by atoms with Crippen LogP contribution in [-0.2, 0) is 6.54 Å². The fourth-order valence-corrected chi connectivity index (χ4v) is 3.51. The molecular formula is C18H11Cl4N5.